The van der Waals surface area contributed by atoms with Crippen LogP contribution in [0.15, 0.2) is 48.5 Å². The Morgan fingerprint density at radius 3 is 2.52 bits per heavy atom. The van der Waals surface area contributed by atoms with Crippen LogP contribution < -0.4 is 5.32 Å². The SMILES string of the molecule is N#Cc1ccc(NC(=O)[C@](O)(Cc2ccccc2)C2CCCCC2)cc1Cl. The third-order valence-electron chi connectivity index (χ3n) is 5.34. The monoisotopic (exact) mass is 382 g/mol. The van der Waals surface area contributed by atoms with E-state index in [1.54, 1.807) is 18.2 Å². The van der Waals surface area contributed by atoms with Crippen molar-refractivity contribution in [2.24, 2.45) is 5.92 Å². The number of hydrogen-bond donors (Lipinski definition) is 2. The van der Waals surface area contributed by atoms with Gasteiger partial charge in [-0.2, -0.15) is 5.26 Å². The van der Waals surface area contributed by atoms with Crippen LogP contribution in [0.3, 0.4) is 0 Å². The van der Waals surface area contributed by atoms with Gasteiger partial charge in [0.25, 0.3) is 5.91 Å². The Bertz CT molecular complexity index is 841. The summed E-state index contributed by atoms with van der Waals surface area (Å²) in [6.07, 6.45) is 5.14. The number of benzene rings is 2. The van der Waals surface area contributed by atoms with Gasteiger partial charge in [0.05, 0.1) is 10.6 Å². The molecule has 0 bridgehead atoms. The number of nitrogens with one attached hydrogen (secondary N) is 1. The molecule has 1 aliphatic rings. The highest BCUT2D eigenvalue weighted by Gasteiger charge is 2.44. The Kier molecular flexibility index (Phi) is 6.15. The van der Waals surface area contributed by atoms with Crippen molar-refractivity contribution in [2.75, 3.05) is 5.32 Å². The first-order valence-electron chi connectivity index (χ1n) is 9.30. The summed E-state index contributed by atoms with van der Waals surface area (Å²) in [5.74, 6) is -0.501. The average Bonchev–Trinajstić information content (AvgIpc) is 2.69. The number of nitriles is 1. The minimum atomic E-state index is -1.48. The first kappa shape index (κ1) is 19.4. The lowest BCUT2D eigenvalue weighted by Gasteiger charge is -2.37. The topological polar surface area (TPSA) is 73.1 Å². The molecule has 140 valence electrons. The number of nitrogens with zero attached hydrogens (tertiary/aromatic N) is 1. The standard InChI is InChI=1S/C22H23ClN2O2/c23-20-13-19(12-11-17(20)15-24)25-21(26)22(27,18-9-5-2-6-10-18)14-16-7-3-1-4-8-16/h1,3-4,7-8,11-13,18,27H,2,5-6,9-10,14H2,(H,25,26)/t22-/m0/s1. The lowest BCUT2D eigenvalue weighted by Crippen LogP contribution is -2.51. The molecular formula is C22H23ClN2O2. The molecule has 5 heteroatoms. The maximum absolute atomic E-state index is 13.1. The highest BCUT2D eigenvalue weighted by Crippen LogP contribution is 2.36. The van der Waals surface area contributed by atoms with Crippen LogP contribution in [0.2, 0.25) is 5.02 Å². The molecule has 0 heterocycles. The summed E-state index contributed by atoms with van der Waals surface area (Å²) in [5, 5.41) is 23.6. The van der Waals surface area contributed by atoms with Crippen LogP contribution in [-0.4, -0.2) is 16.6 Å². The number of halogens is 1. The molecule has 1 saturated carbocycles. The van der Waals surface area contributed by atoms with Crippen molar-refractivity contribution in [2.45, 2.75) is 44.1 Å². The Morgan fingerprint density at radius 2 is 1.89 bits per heavy atom. The zero-order chi connectivity index (χ0) is 19.3. The van der Waals surface area contributed by atoms with Crippen LogP contribution in [0, 0.1) is 17.2 Å². The number of carbonyl (C=O) groups excluding carboxylic acids is 1. The first-order valence-corrected chi connectivity index (χ1v) is 9.68. The molecule has 27 heavy (non-hydrogen) atoms. The van der Waals surface area contributed by atoms with Crippen molar-refractivity contribution in [1.29, 1.82) is 5.26 Å². The molecule has 3 rings (SSSR count). The van der Waals surface area contributed by atoms with E-state index in [0.717, 1.165) is 37.7 Å². The van der Waals surface area contributed by atoms with Gasteiger partial charge in [-0.25, -0.2) is 0 Å². The van der Waals surface area contributed by atoms with Crippen LogP contribution in [0.1, 0.15) is 43.2 Å². The zero-order valence-corrected chi connectivity index (χ0v) is 15.9. The predicted molar refractivity (Wildman–Crippen MR) is 106 cm³/mol. The Labute approximate surface area is 164 Å². The maximum atomic E-state index is 13.1. The van der Waals surface area contributed by atoms with Gasteiger partial charge < -0.3 is 10.4 Å². The number of rotatable bonds is 5. The van der Waals surface area contributed by atoms with Gasteiger partial charge in [-0.3, -0.25) is 4.79 Å². The molecule has 0 spiro atoms. The van der Waals surface area contributed by atoms with Gasteiger partial charge in [0.2, 0.25) is 0 Å². The summed E-state index contributed by atoms with van der Waals surface area (Å²) in [6, 6.07) is 16.3. The summed E-state index contributed by atoms with van der Waals surface area (Å²) in [5.41, 5.74) is 0.272. The third kappa shape index (κ3) is 4.50. The van der Waals surface area contributed by atoms with Crippen molar-refractivity contribution in [3.05, 3.63) is 64.7 Å². The third-order valence-corrected chi connectivity index (χ3v) is 5.65. The summed E-state index contributed by atoms with van der Waals surface area (Å²) < 4.78 is 0. The average molecular weight is 383 g/mol. The van der Waals surface area contributed by atoms with E-state index in [2.05, 4.69) is 5.32 Å². The molecule has 1 fully saturated rings. The van der Waals surface area contributed by atoms with Gasteiger partial charge >= 0.3 is 0 Å². The highest BCUT2D eigenvalue weighted by molar-refractivity contribution is 6.32. The van der Waals surface area contributed by atoms with Crippen LogP contribution in [0.5, 0.6) is 0 Å². The van der Waals surface area contributed by atoms with Gasteiger partial charge in [0.1, 0.15) is 11.7 Å². The van der Waals surface area contributed by atoms with E-state index in [1.165, 1.54) is 0 Å². The molecular weight excluding hydrogens is 360 g/mol. The van der Waals surface area contributed by atoms with E-state index in [9.17, 15) is 9.90 Å². The van der Waals surface area contributed by atoms with E-state index in [0.29, 0.717) is 11.3 Å². The molecule has 2 N–H and O–H groups in total. The maximum Gasteiger partial charge on any atom is 0.256 e. The molecule has 1 aliphatic carbocycles. The number of hydrogen-bond acceptors (Lipinski definition) is 3. The van der Waals surface area contributed by atoms with Crippen molar-refractivity contribution < 1.29 is 9.90 Å². The minimum Gasteiger partial charge on any atom is -0.379 e. The molecule has 0 aliphatic heterocycles. The number of amides is 1. The van der Waals surface area contributed by atoms with Crippen molar-refractivity contribution in [1.82, 2.24) is 0 Å². The largest absolute Gasteiger partial charge is 0.379 e. The predicted octanol–water partition coefficient (Wildman–Crippen LogP) is 4.70. The van der Waals surface area contributed by atoms with Gasteiger partial charge in [0, 0.05) is 12.1 Å². The highest BCUT2D eigenvalue weighted by atomic mass is 35.5. The normalized spacial score (nSPS) is 16.9. The van der Waals surface area contributed by atoms with Gasteiger partial charge in [0.15, 0.2) is 0 Å². The van der Waals surface area contributed by atoms with E-state index in [4.69, 9.17) is 16.9 Å². The van der Waals surface area contributed by atoms with Crippen molar-refractivity contribution in [3.8, 4) is 6.07 Å². The van der Waals surface area contributed by atoms with E-state index in [1.807, 2.05) is 36.4 Å². The molecule has 2 aromatic carbocycles. The van der Waals surface area contributed by atoms with E-state index >= 15 is 0 Å². The second-order valence-corrected chi connectivity index (χ2v) is 7.59. The second kappa shape index (κ2) is 8.56. The molecule has 0 radical (unpaired) electrons. The smallest absolute Gasteiger partial charge is 0.256 e. The molecule has 0 aromatic heterocycles. The Balaban J connectivity index is 1.86. The van der Waals surface area contributed by atoms with Crippen LogP contribution >= 0.6 is 11.6 Å². The molecule has 0 unspecified atom stereocenters. The lowest BCUT2D eigenvalue weighted by atomic mass is 9.73. The fourth-order valence-corrected chi connectivity index (χ4v) is 4.04. The van der Waals surface area contributed by atoms with Crippen LogP contribution in [0.4, 0.5) is 5.69 Å². The molecule has 0 saturated heterocycles. The fraction of sp³-hybridized carbons (Fsp3) is 0.364. The summed E-state index contributed by atoms with van der Waals surface area (Å²) in [6.45, 7) is 0. The quantitative estimate of drug-likeness (QED) is 0.786. The minimum absolute atomic E-state index is 0.0830. The van der Waals surface area contributed by atoms with E-state index in [-0.39, 0.29) is 17.4 Å². The second-order valence-electron chi connectivity index (χ2n) is 7.18. The summed E-state index contributed by atoms with van der Waals surface area (Å²) in [4.78, 5) is 13.1. The van der Waals surface area contributed by atoms with Gasteiger partial charge in [-0.15, -0.1) is 0 Å². The first-order chi connectivity index (χ1) is 13.0. The summed E-state index contributed by atoms with van der Waals surface area (Å²) >= 11 is 6.07. The molecule has 1 atom stereocenters. The molecule has 2 aromatic rings. The zero-order valence-electron chi connectivity index (χ0n) is 15.1. The van der Waals surface area contributed by atoms with Crippen molar-refractivity contribution in [3.63, 3.8) is 0 Å². The van der Waals surface area contributed by atoms with Gasteiger partial charge in [-0.1, -0.05) is 61.2 Å². The number of aliphatic hydroxyl groups is 1. The fourth-order valence-electron chi connectivity index (χ4n) is 3.82. The lowest BCUT2D eigenvalue weighted by molar-refractivity contribution is -0.141. The van der Waals surface area contributed by atoms with Crippen LogP contribution in [0.25, 0.3) is 0 Å². The number of carbonyl (C=O) groups is 1. The van der Waals surface area contributed by atoms with Crippen LogP contribution in [-0.2, 0) is 11.2 Å². The molecule has 1 amide bonds. The van der Waals surface area contributed by atoms with Crippen molar-refractivity contribution >= 4 is 23.2 Å². The van der Waals surface area contributed by atoms with E-state index < -0.39 is 11.5 Å². The summed E-state index contributed by atoms with van der Waals surface area (Å²) in [7, 11) is 0. The van der Waals surface area contributed by atoms with Gasteiger partial charge in [-0.05, 0) is 42.5 Å². The molecule has 4 nitrogen and oxygen atoms in total. The number of anilines is 1. The Hall–Kier alpha value is -2.35. The Morgan fingerprint density at radius 1 is 1.19 bits per heavy atom.